The summed E-state index contributed by atoms with van der Waals surface area (Å²) in [5.74, 6) is -0.0159. The second kappa shape index (κ2) is 3.77. The standard InChI is InChI=1S/C7H5Cl3N4/c1-3-4(2-11)5(12)14-6(13-3)7(8,9)10/h1H3,(H2,12,13,14). The van der Waals surface area contributed by atoms with E-state index >= 15 is 0 Å². The van der Waals surface area contributed by atoms with E-state index in [0.29, 0.717) is 5.69 Å². The fourth-order valence-electron chi connectivity index (χ4n) is 0.860. The van der Waals surface area contributed by atoms with E-state index in [1.807, 2.05) is 6.07 Å². The molecule has 0 atom stereocenters. The summed E-state index contributed by atoms with van der Waals surface area (Å²) in [6.45, 7) is 1.59. The van der Waals surface area contributed by atoms with Crippen molar-refractivity contribution in [2.45, 2.75) is 10.7 Å². The van der Waals surface area contributed by atoms with Crippen molar-refractivity contribution in [1.29, 1.82) is 5.26 Å². The number of nitriles is 1. The third-order valence-electron chi connectivity index (χ3n) is 1.48. The Kier molecular flexibility index (Phi) is 3.05. The molecular formula is C7H5Cl3N4. The summed E-state index contributed by atoms with van der Waals surface area (Å²) in [5, 5.41) is 8.68. The van der Waals surface area contributed by atoms with E-state index in [-0.39, 0.29) is 17.2 Å². The molecule has 1 aromatic rings. The molecule has 0 saturated carbocycles. The first-order valence-electron chi connectivity index (χ1n) is 3.47. The Morgan fingerprint density at radius 3 is 2.29 bits per heavy atom. The van der Waals surface area contributed by atoms with E-state index < -0.39 is 3.79 Å². The number of aromatic nitrogens is 2. The number of nitrogens with two attached hydrogens (primary N) is 1. The molecule has 0 aliphatic heterocycles. The molecule has 0 aromatic carbocycles. The van der Waals surface area contributed by atoms with Crippen LogP contribution in [0, 0.1) is 18.3 Å². The molecule has 0 spiro atoms. The predicted molar refractivity (Wildman–Crippen MR) is 55.1 cm³/mol. The molecule has 0 saturated heterocycles. The summed E-state index contributed by atoms with van der Waals surface area (Å²) < 4.78 is -1.73. The number of rotatable bonds is 0. The summed E-state index contributed by atoms with van der Waals surface area (Å²) in [7, 11) is 0. The first kappa shape index (κ1) is 11.3. The fraction of sp³-hybridized carbons (Fsp3) is 0.286. The van der Waals surface area contributed by atoms with Gasteiger partial charge < -0.3 is 5.73 Å². The molecule has 0 aliphatic rings. The van der Waals surface area contributed by atoms with Crippen molar-refractivity contribution in [3.05, 3.63) is 17.1 Å². The van der Waals surface area contributed by atoms with Crippen LogP contribution >= 0.6 is 34.8 Å². The first-order valence-corrected chi connectivity index (χ1v) is 4.61. The minimum Gasteiger partial charge on any atom is -0.382 e. The van der Waals surface area contributed by atoms with E-state index in [1.165, 1.54) is 0 Å². The van der Waals surface area contributed by atoms with E-state index in [9.17, 15) is 0 Å². The van der Waals surface area contributed by atoms with Gasteiger partial charge in [0.05, 0.1) is 5.69 Å². The van der Waals surface area contributed by atoms with E-state index in [0.717, 1.165) is 0 Å². The molecule has 1 aromatic heterocycles. The Labute approximate surface area is 95.6 Å². The monoisotopic (exact) mass is 250 g/mol. The average Bonchev–Trinajstić information content (AvgIpc) is 2.01. The number of nitrogens with zero attached hydrogens (tertiary/aromatic N) is 3. The third-order valence-corrected chi connectivity index (χ3v) is 1.99. The minimum absolute atomic E-state index is 0.0151. The van der Waals surface area contributed by atoms with Gasteiger partial charge in [0.25, 0.3) is 0 Å². The Morgan fingerprint density at radius 1 is 1.36 bits per heavy atom. The highest BCUT2D eigenvalue weighted by Gasteiger charge is 2.28. The number of hydrogen-bond acceptors (Lipinski definition) is 4. The first-order chi connectivity index (χ1) is 6.36. The van der Waals surface area contributed by atoms with Crippen LogP contribution in [0.15, 0.2) is 0 Å². The zero-order valence-electron chi connectivity index (χ0n) is 7.05. The summed E-state index contributed by atoms with van der Waals surface area (Å²) >= 11 is 16.7. The second-order valence-corrected chi connectivity index (χ2v) is 4.78. The van der Waals surface area contributed by atoms with Crippen LogP contribution in [-0.4, -0.2) is 9.97 Å². The number of aryl methyl sites for hydroxylation is 1. The minimum atomic E-state index is -1.73. The molecule has 1 heterocycles. The van der Waals surface area contributed by atoms with Gasteiger partial charge in [-0.3, -0.25) is 0 Å². The van der Waals surface area contributed by atoms with Crippen molar-refractivity contribution in [2.24, 2.45) is 0 Å². The second-order valence-electron chi connectivity index (χ2n) is 2.50. The van der Waals surface area contributed by atoms with Crippen molar-refractivity contribution in [1.82, 2.24) is 9.97 Å². The third kappa shape index (κ3) is 2.18. The van der Waals surface area contributed by atoms with Gasteiger partial charge in [-0.05, 0) is 6.92 Å². The van der Waals surface area contributed by atoms with Gasteiger partial charge in [0.2, 0.25) is 3.79 Å². The predicted octanol–water partition coefficient (Wildman–Crippen LogP) is 2.07. The van der Waals surface area contributed by atoms with Crippen molar-refractivity contribution in [3.8, 4) is 6.07 Å². The van der Waals surface area contributed by atoms with Crippen molar-refractivity contribution in [2.75, 3.05) is 5.73 Å². The van der Waals surface area contributed by atoms with Crippen LogP contribution in [0.2, 0.25) is 0 Å². The SMILES string of the molecule is Cc1nc(C(Cl)(Cl)Cl)nc(N)c1C#N. The lowest BCUT2D eigenvalue weighted by Crippen LogP contribution is -2.12. The molecule has 0 aliphatic carbocycles. The van der Waals surface area contributed by atoms with Crippen LogP contribution in [0.1, 0.15) is 17.1 Å². The molecule has 7 heteroatoms. The lowest BCUT2D eigenvalue weighted by atomic mass is 10.2. The van der Waals surface area contributed by atoms with Gasteiger partial charge in [0, 0.05) is 0 Å². The van der Waals surface area contributed by atoms with Crippen molar-refractivity contribution < 1.29 is 0 Å². The van der Waals surface area contributed by atoms with Gasteiger partial charge in [0.1, 0.15) is 17.5 Å². The van der Waals surface area contributed by atoms with Crippen LogP contribution in [0.5, 0.6) is 0 Å². The molecule has 1 rings (SSSR count). The Bertz CT molecular complexity index is 381. The summed E-state index contributed by atoms with van der Waals surface area (Å²) in [4.78, 5) is 7.59. The number of halogens is 3. The maximum absolute atomic E-state index is 8.68. The summed E-state index contributed by atoms with van der Waals surface area (Å²) in [5.41, 5.74) is 6.07. The topological polar surface area (TPSA) is 75.6 Å². The maximum atomic E-state index is 8.68. The van der Waals surface area contributed by atoms with Gasteiger partial charge in [0.15, 0.2) is 5.82 Å². The van der Waals surface area contributed by atoms with Crippen LogP contribution in [0.25, 0.3) is 0 Å². The highest BCUT2D eigenvalue weighted by Crippen LogP contribution is 2.36. The number of hydrogen-bond donors (Lipinski definition) is 1. The lowest BCUT2D eigenvalue weighted by molar-refractivity contribution is 0.942. The molecule has 14 heavy (non-hydrogen) atoms. The molecule has 0 fully saturated rings. The molecule has 0 radical (unpaired) electrons. The van der Waals surface area contributed by atoms with Gasteiger partial charge in [-0.1, -0.05) is 34.8 Å². The van der Waals surface area contributed by atoms with Crippen LogP contribution in [-0.2, 0) is 3.79 Å². The van der Waals surface area contributed by atoms with Gasteiger partial charge >= 0.3 is 0 Å². The summed E-state index contributed by atoms with van der Waals surface area (Å²) in [6, 6.07) is 1.86. The molecule has 0 unspecified atom stereocenters. The zero-order chi connectivity index (χ0) is 10.9. The quantitative estimate of drug-likeness (QED) is 0.716. The zero-order valence-corrected chi connectivity index (χ0v) is 9.32. The molecule has 0 amide bonds. The highest BCUT2D eigenvalue weighted by molar-refractivity contribution is 6.66. The number of anilines is 1. The summed E-state index contributed by atoms with van der Waals surface area (Å²) in [6.07, 6.45) is 0. The Balaban J connectivity index is 3.37. The van der Waals surface area contributed by atoms with Crippen LogP contribution in [0.4, 0.5) is 5.82 Å². The Hall–Kier alpha value is -0.760. The smallest absolute Gasteiger partial charge is 0.250 e. The van der Waals surface area contributed by atoms with E-state index in [1.54, 1.807) is 6.92 Å². The van der Waals surface area contributed by atoms with Gasteiger partial charge in [-0.2, -0.15) is 5.26 Å². The highest BCUT2D eigenvalue weighted by atomic mass is 35.6. The number of alkyl halides is 3. The van der Waals surface area contributed by atoms with Gasteiger partial charge in [-0.25, -0.2) is 9.97 Å². The molecule has 4 nitrogen and oxygen atoms in total. The molecule has 0 bridgehead atoms. The number of nitrogen functional groups attached to an aromatic ring is 1. The lowest BCUT2D eigenvalue weighted by Gasteiger charge is -2.11. The van der Waals surface area contributed by atoms with Gasteiger partial charge in [-0.15, -0.1) is 0 Å². The van der Waals surface area contributed by atoms with E-state index in [2.05, 4.69) is 9.97 Å². The van der Waals surface area contributed by atoms with Crippen molar-refractivity contribution in [3.63, 3.8) is 0 Å². The largest absolute Gasteiger partial charge is 0.382 e. The van der Waals surface area contributed by atoms with Crippen molar-refractivity contribution >= 4 is 40.6 Å². The Morgan fingerprint density at radius 2 is 1.93 bits per heavy atom. The van der Waals surface area contributed by atoms with Crippen LogP contribution in [0.3, 0.4) is 0 Å². The van der Waals surface area contributed by atoms with Crippen LogP contribution < -0.4 is 5.73 Å². The normalized spacial score (nSPS) is 11.1. The molecule has 2 N–H and O–H groups in total. The molecule has 74 valence electrons. The maximum Gasteiger partial charge on any atom is 0.250 e. The molecular weight excluding hydrogens is 246 g/mol. The van der Waals surface area contributed by atoms with E-state index in [4.69, 9.17) is 45.8 Å². The average molecular weight is 252 g/mol. The fourth-order valence-corrected chi connectivity index (χ4v) is 1.11.